The van der Waals surface area contributed by atoms with Crippen LogP contribution in [0.25, 0.3) is 0 Å². The van der Waals surface area contributed by atoms with Gasteiger partial charge in [0.05, 0.1) is 0 Å². The smallest absolute Gasteiger partial charge is 0.147 e. The SMILES string of the molecule is C=C([B]C(C)C)CCCNC. The molecule has 0 aliphatic heterocycles. The molecule has 0 saturated heterocycles. The van der Waals surface area contributed by atoms with Crippen LogP contribution in [0.3, 0.4) is 0 Å². The van der Waals surface area contributed by atoms with Crippen molar-refractivity contribution >= 4 is 7.28 Å². The zero-order chi connectivity index (χ0) is 8.69. The minimum atomic E-state index is 0.636. The molecule has 2 heteroatoms. The number of nitrogens with one attached hydrogen (secondary N) is 1. The average Bonchev–Trinajstić information content (AvgIpc) is 1.86. The van der Waals surface area contributed by atoms with Gasteiger partial charge in [-0.15, -0.1) is 12.1 Å². The first-order valence-electron chi connectivity index (χ1n) is 4.34. The maximum absolute atomic E-state index is 3.98. The molecular formula is C9H19BN. The summed E-state index contributed by atoms with van der Waals surface area (Å²) in [6.45, 7) is 9.44. The van der Waals surface area contributed by atoms with Crippen LogP contribution in [-0.2, 0) is 0 Å². The Morgan fingerprint density at radius 1 is 1.55 bits per heavy atom. The van der Waals surface area contributed by atoms with Gasteiger partial charge in [0, 0.05) is 0 Å². The molecule has 0 aliphatic carbocycles. The van der Waals surface area contributed by atoms with E-state index in [0.717, 1.165) is 13.0 Å². The lowest BCUT2D eigenvalue weighted by atomic mass is 9.59. The van der Waals surface area contributed by atoms with Crippen molar-refractivity contribution < 1.29 is 0 Å². The third kappa shape index (κ3) is 7.66. The van der Waals surface area contributed by atoms with E-state index in [2.05, 4.69) is 33.0 Å². The highest BCUT2D eigenvalue weighted by atomic mass is 14.8. The first-order valence-corrected chi connectivity index (χ1v) is 4.34. The van der Waals surface area contributed by atoms with Gasteiger partial charge in [0.2, 0.25) is 0 Å². The summed E-state index contributed by atoms with van der Waals surface area (Å²) >= 11 is 0. The molecule has 0 aromatic heterocycles. The summed E-state index contributed by atoms with van der Waals surface area (Å²) in [5.41, 5.74) is 1.27. The summed E-state index contributed by atoms with van der Waals surface area (Å²) in [6, 6.07) is 0. The minimum Gasteiger partial charge on any atom is -0.320 e. The van der Waals surface area contributed by atoms with Gasteiger partial charge in [0.15, 0.2) is 0 Å². The lowest BCUT2D eigenvalue weighted by molar-refractivity contribution is 0.730. The molecule has 0 aromatic rings. The van der Waals surface area contributed by atoms with Gasteiger partial charge in [-0.3, -0.25) is 0 Å². The Morgan fingerprint density at radius 3 is 2.64 bits per heavy atom. The van der Waals surface area contributed by atoms with Crippen molar-refractivity contribution in [3.8, 4) is 0 Å². The maximum atomic E-state index is 3.98. The van der Waals surface area contributed by atoms with Gasteiger partial charge in [-0.1, -0.05) is 19.7 Å². The fourth-order valence-electron chi connectivity index (χ4n) is 1.05. The summed E-state index contributed by atoms with van der Waals surface area (Å²) in [5, 5.41) is 3.12. The van der Waals surface area contributed by atoms with Crippen molar-refractivity contribution in [3.63, 3.8) is 0 Å². The van der Waals surface area contributed by atoms with E-state index in [1.807, 2.05) is 7.05 Å². The quantitative estimate of drug-likeness (QED) is 0.453. The van der Waals surface area contributed by atoms with Crippen molar-refractivity contribution in [2.75, 3.05) is 13.6 Å². The van der Waals surface area contributed by atoms with Crippen molar-refractivity contribution in [1.29, 1.82) is 0 Å². The highest BCUT2D eigenvalue weighted by Gasteiger charge is 1.99. The Hall–Kier alpha value is -0.235. The number of allylic oxidation sites excluding steroid dienone is 1. The van der Waals surface area contributed by atoms with Crippen LogP contribution in [0.5, 0.6) is 0 Å². The van der Waals surface area contributed by atoms with E-state index >= 15 is 0 Å². The standard InChI is InChI=1S/C9H19BN/c1-8(2)10-9(3)6-5-7-11-4/h8,11H,3,5-7H2,1-2,4H3. The molecule has 0 aliphatic rings. The molecule has 0 heterocycles. The van der Waals surface area contributed by atoms with E-state index in [9.17, 15) is 0 Å². The summed E-state index contributed by atoms with van der Waals surface area (Å²) in [7, 11) is 4.21. The highest BCUT2D eigenvalue weighted by molar-refractivity contribution is 6.46. The topological polar surface area (TPSA) is 12.0 Å². The first-order chi connectivity index (χ1) is 5.16. The van der Waals surface area contributed by atoms with Crippen molar-refractivity contribution in [1.82, 2.24) is 5.32 Å². The molecule has 0 amide bonds. The fourth-order valence-corrected chi connectivity index (χ4v) is 1.05. The molecule has 0 aromatic carbocycles. The highest BCUT2D eigenvalue weighted by Crippen LogP contribution is 2.07. The van der Waals surface area contributed by atoms with Gasteiger partial charge in [-0.05, 0) is 26.4 Å². The number of rotatable bonds is 6. The first kappa shape index (κ1) is 10.8. The zero-order valence-corrected chi connectivity index (χ0v) is 7.98. The van der Waals surface area contributed by atoms with Crippen LogP contribution in [0.4, 0.5) is 0 Å². The molecule has 1 N–H and O–H groups in total. The molecule has 0 bridgehead atoms. The third-order valence-corrected chi connectivity index (χ3v) is 1.49. The normalized spacial score (nSPS) is 10.2. The Kier molecular flexibility index (Phi) is 6.34. The molecule has 11 heavy (non-hydrogen) atoms. The van der Waals surface area contributed by atoms with Crippen molar-refractivity contribution in [3.05, 3.63) is 12.1 Å². The van der Waals surface area contributed by atoms with Crippen LogP contribution in [0.15, 0.2) is 12.1 Å². The van der Waals surface area contributed by atoms with Gasteiger partial charge in [0.1, 0.15) is 7.28 Å². The molecule has 0 fully saturated rings. The molecule has 1 nitrogen and oxygen atoms in total. The number of hydrogen-bond acceptors (Lipinski definition) is 1. The van der Waals surface area contributed by atoms with E-state index in [4.69, 9.17) is 0 Å². The predicted molar refractivity (Wildman–Crippen MR) is 53.2 cm³/mol. The summed E-state index contributed by atoms with van der Waals surface area (Å²) in [6.07, 6.45) is 2.32. The van der Waals surface area contributed by atoms with Gasteiger partial charge in [-0.2, -0.15) is 0 Å². The van der Waals surface area contributed by atoms with Crippen LogP contribution in [0.1, 0.15) is 26.7 Å². The van der Waals surface area contributed by atoms with Crippen molar-refractivity contribution in [2.24, 2.45) is 0 Å². The monoisotopic (exact) mass is 152 g/mol. The van der Waals surface area contributed by atoms with E-state index in [0.29, 0.717) is 5.82 Å². The average molecular weight is 152 g/mol. The van der Waals surface area contributed by atoms with Gasteiger partial charge in [-0.25, -0.2) is 0 Å². The molecule has 0 atom stereocenters. The maximum Gasteiger partial charge on any atom is 0.147 e. The fraction of sp³-hybridized carbons (Fsp3) is 0.778. The molecule has 0 saturated carbocycles. The second-order valence-electron chi connectivity index (χ2n) is 3.28. The Labute approximate surface area is 71.5 Å². The number of hydrogen-bond donors (Lipinski definition) is 1. The Balaban J connectivity index is 3.23. The van der Waals surface area contributed by atoms with Crippen LogP contribution in [0, 0.1) is 0 Å². The van der Waals surface area contributed by atoms with E-state index in [1.165, 1.54) is 11.9 Å². The second kappa shape index (κ2) is 6.47. The molecule has 63 valence electrons. The lowest BCUT2D eigenvalue weighted by Gasteiger charge is -2.05. The summed E-state index contributed by atoms with van der Waals surface area (Å²) in [4.78, 5) is 0. The molecule has 1 radical (unpaired) electrons. The summed E-state index contributed by atoms with van der Waals surface area (Å²) < 4.78 is 0. The van der Waals surface area contributed by atoms with E-state index < -0.39 is 0 Å². The molecule has 0 unspecified atom stereocenters. The van der Waals surface area contributed by atoms with Crippen LogP contribution in [-0.4, -0.2) is 20.9 Å². The van der Waals surface area contributed by atoms with Crippen molar-refractivity contribution in [2.45, 2.75) is 32.5 Å². The second-order valence-corrected chi connectivity index (χ2v) is 3.28. The van der Waals surface area contributed by atoms with E-state index in [-0.39, 0.29) is 0 Å². The van der Waals surface area contributed by atoms with Gasteiger partial charge in [0.25, 0.3) is 0 Å². The predicted octanol–water partition coefficient (Wildman–Crippen LogP) is 2.03. The van der Waals surface area contributed by atoms with Gasteiger partial charge >= 0.3 is 0 Å². The molecular weight excluding hydrogens is 133 g/mol. The largest absolute Gasteiger partial charge is 0.320 e. The Morgan fingerprint density at radius 2 is 2.18 bits per heavy atom. The van der Waals surface area contributed by atoms with Crippen LogP contribution < -0.4 is 5.32 Å². The van der Waals surface area contributed by atoms with Gasteiger partial charge < -0.3 is 5.32 Å². The Bertz CT molecular complexity index is 110. The zero-order valence-electron chi connectivity index (χ0n) is 7.98. The molecule has 0 rings (SSSR count). The minimum absolute atomic E-state index is 0.636. The third-order valence-electron chi connectivity index (χ3n) is 1.49. The van der Waals surface area contributed by atoms with Crippen LogP contribution in [0.2, 0.25) is 5.82 Å². The van der Waals surface area contributed by atoms with E-state index in [1.54, 1.807) is 0 Å². The lowest BCUT2D eigenvalue weighted by Crippen LogP contribution is -2.09. The summed E-state index contributed by atoms with van der Waals surface area (Å²) in [5.74, 6) is 0.636. The van der Waals surface area contributed by atoms with Crippen LogP contribution >= 0.6 is 0 Å². The molecule has 0 spiro atoms.